The summed E-state index contributed by atoms with van der Waals surface area (Å²) < 4.78 is 19.8. The third-order valence-corrected chi connectivity index (χ3v) is 7.91. The highest BCUT2D eigenvalue weighted by Gasteiger charge is 2.19. The summed E-state index contributed by atoms with van der Waals surface area (Å²) >= 11 is 0. The molecule has 0 saturated heterocycles. The fourth-order valence-corrected chi connectivity index (χ4v) is 5.45. The van der Waals surface area contributed by atoms with Gasteiger partial charge in [0.2, 0.25) is 5.91 Å². The van der Waals surface area contributed by atoms with Gasteiger partial charge in [0.05, 0.1) is 18.6 Å². The van der Waals surface area contributed by atoms with Crippen LogP contribution in [0.15, 0.2) is 35.2 Å². The number of hydrogen-bond donors (Lipinski definition) is 2. The summed E-state index contributed by atoms with van der Waals surface area (Å²) in [5.74, 6) is 0.304. The lowest BCUT2D eigenvalue weighted by Crippen LogP contribution is -2.40. The molecule has 2 aromatic rings. The molecule has 0 saturated carbocycles. The summed E-state index contributed by atoms with van der Waals surface area (Å²) in [5, 5.41) is 5.65. The minimum Gasteiger partial charge on any atom is -0.497 e. The Bertz CT molecular complexity index is 1080. The first kappa shape index (κ1) is 26.8. The molecule has 0 bridgehead atoms. The molecule has 1 unspecified atom stereocenters. The van der Waals surface area contributed by atoms with Gasteiger partial charge in [0.15, 0.2) is 0 Å². The monoisotopic (exact) mass is 500 g/mol. The van der Waals surface area contributed by atoms with Gasteiger partial charge in [-0.15, -0.1) is 0 Å². The SMILES string of the molecule is COc1cc(C)c(S(=O)N(C)CC(=O)NCCNC(=O)c2ccc3c(c2)CCN(C)CC3)c(C)c1. The number of benzene rings is 2. The van der Waals surface area contributed by atoms with Gasteiger partial charge in [-0.3, -0.25) is 9.59 Å². The Morgan fingerprint density at radius 2 is 1.66 bits per heavy atom. The molecule has 0 aliphatic carbocycles. The largest absolute Gasteiger partial charge is 0.497 e. The van der Waals surface area contributed by atoms with E-state index in [9.17, 15) is 13.8 Å². The van der Waals surface area contributed by atoms with E-state index in [0.29, 0.717) is 29.3 Å². The fraction of sp³-hybridized carbons (Fsp3) is 0.462. The lowest BCUT2D eigenvalue weighted by molar-refractivity contribution is -0.121. The van der Waals surface area contributed by atoms with Gasteiger partial charge in [0.1, 0.15) is 16.7 Å². The molecule has 9 heteroatoms. The van der Waals surface area contributed by atoms with Crippen molar-refractivity contribution in [2.45, 2.75) is 31.6 Å². The van der Waals surface area contributed by atoms with Crippen LogP contribution >= 0.6 is 0 Å². The molecular formula is C26H36N4O4S. The summed E-state index contributed by atoms with van der Waals surface area (Å²) in [7, 11) is 3.88. The van der Waals surface area contributed by atoms with E-state index in [-0.39, 0.29) is 18.4 Å². The van der Waals surface area contributed by atoms with Crippen molar-refractivity contribution >= 4 is 22.8 Å². The van der Waals surface area contributed by atoms with Crippen LogP contribution in [0.25, 0.3) is 0 Å². The molecule has 1 aliphatic heterocycles. The number of carbonyl (C=O) groups is 2. The van der Waals surface area contributed by atoms with Crippen LogP contribution in [0.1, 0.15) is 32.6 Å². The lowest BCUT2D eigenvalue weighted by atomic mass is 10.00. The summed E-state index contributed by atoms with van der Waals surface area (Å²) in [5.41, 5.74) is 4.87. The normalized spacial score (nSPS) is 14.7. The zero-order chi connectivity index (χ0) is 25.5. The van der Waals surface area contributed by atoms with Crippen molar-refractivity contribution in [2.24, 2.45) is 0 Å². The van der Waals surface area contributed by atoms with Crippen LogP contribution in [-0.4, -0.2) is 79.2 Å². The van der Waals surface area contributed by atoms with Gasteiger partial charge in [-0.2, -0.15) is 0 Å². The van der Waals surface area contributed by atoms with E-state index in [2.05, 4.69) is 22.6 Å². The predicted octanol–water partition coefficient (Wildman–Crippen LogP) is 1.84. The number of fused-ring (bicyclic) bond motifs is 1. The highest BCUT2D eigenvalue weighted by Crippen LogP contribution is 2.25. The molecule has 1 aliphatic rings. The number of amides is 2. The number of ether oxygens (including phenoxy) is 1. The molecular weight excluding hydrogens is 464 g/mol. The Morgan fingerprint density at radius 3 is 2.31 bits per heavy atom. The Labute approximate surface area is 210 Å². The topological polar surface area (TPSA) is 91.0 Å². The number of carbonyl (C=O) groups excluding carboxylic acids is 2. The summed E-state index contributed by atoms with van der Waals surface area (Å²) in [6.07, 6.45) is 1.93. The van der Waals surface area contributed by atoms with Gasteiger partial charge < -0.3 is 20.3 Å². The second kappa shape index (κ2) is 12.3. The van der Waals surface area contributed by atoms with Crippen LogP contribution in [0.4, 0.5) is 0 Å². The zero-order valence-corrected chi connectivity index (χ0v) is 22.1. The molecule has 0 fully saturated rings. The molecule has 35 heavy (non-hydrogen) atoms. The van der Waals surface area contributed by atoms with Crippen molar-refractivity contribution in [1.82, 2.24) is 19.8 Å². The molecule has 0 aromatic heterocycles. The van der Waals surface area contributed by atoms with Gasteiger partial charge in [0.25, 0.3) is 5.91 Å². The van der Waals surface area contributed by atoms with Crippen molar-refractivity contribution in [1.29, 1.82) is 0 Å². The summed E-state index contributed by atoms with van der Waals surface area (Å²) in [6.45, 7) is 6.35. The van der Waals surface area contributed by atoms with Crippen LogP contribution in [0.3, 0.4) is 0 Å². The van der Waals surface area contributed by atoms with Crippen molar-refractivity contribution in [3.63, 3.8) is 0 Å². The fourth-order valence-electron chi connectivity index (χ4n) is 4.23. The van der Waals surface area contributed by atoms with Crippen LogP contribution in [0, 0.1) is 13.8 Å². The van der Waals surface area contributed by atoms with E-state index >= 15 is 0 Å². The number of rotatable bonds is 9. The molecule has 1 atom stereocenters. The number of nitrogens with zero attached hydrogens (tertiary/aromatic N) is 2. The summed E-state index contributed by atoms with van der Waals surface area (Å²) in [6, 6.07) is 9.56. The molecule has 190 valence electrons. The first-order chi connectivity index (χ1) is 16.7. The maximum atomic E-state index is 13.0. The van der Waals surface area contributed by atoms with Crippen LogP contribution in [-0.2, 0) is 28.6 Å². The molecule has 0 radical (unpaired) electrons. The average molecular weight is 501 g/mol. The van der Waals surface area contributed by atoms with E-state index in [1.54, 1.807) is 14.2 Å². The van der Waals surface area contributed by atoms with Gasteiger partial charge in [-0.1, -0.05) is 6.07 Å². The highest BCUT2D eigenvalue weighted by molar-refractivity contribution is 7.82. The number of likely N-dealkylation sites (N-methyl/N-ethyl adjacent to an activating group) is 2. The number of aryl methyl sites for hydroxylation is 2. The van der Waals surface area contributed by atoms with E-state index < -0.39 is 11.0 Å². The number of nitrogens with one attached hydrogen (secondary N) is 2. The predicted molar refractivity (Wildman–Crippen MR) is 138 cm³/mol. The first-order valence-corrected chi connectivity index (χ1v) is 12.9. The quantitative estimate of drug-likeness (QED) is 0.513. The third kappa shape index (κ3) is 7.13. The van der Waals surface area contributed by atoms with Gasteiger partial charge in [0, 0.05) is 38.8 Å². The molecule has 0 spiro atoms. The maximum Gasteiger partial charge on any atom is 0.251 e. The minimum atomic E-state index is -1.48. The maximum absolute atomic E-state index is 13.0. The van der Waals surface area contributed by atoms with Gasteiger partial charge in [-0.05, 0) is 80.3 Å². The third-order valence-electron chi connectivity index (χ3n) is 6.22. The van der Waals surface area contributed by atoms with Gasteiger partial charge >= 0.3 is 0 Å². The van der Waals surface area contributed by atoms with Crippen molar-refractivity contribution in [3.05, 3.63) is 58.1 Å². The molecule has 2 aromatic carbocycles. The van der Waals surface area contributed by atoms with Crippen LogP contribution in [0.5, 0.6) is 5.75 Å². The van der Waals surface area contributed by atoms with E-state index in [4.69, 9.17) is 4.74 Å². The zero-order valence-electron chi connectivity index (χ0n) is 21.3. The van der Waals surface area contributed by atoms with Crippen molar-refractivity contribution in [2.75, 3.05) is 53.9 Å². The van der Waals surface area contributed by atoms with Crippen molar-refractivity contribution < 1.29 is 18.5 Å². The highest BCUT2D eigenvalue weighted by atomic mass is 32.2. The standard InChI is InChI=1S/C26H36N4O4S/c1-18-14-23(34-5)15-19(2)25(18)35(33)30(4)17-24(31)27-10-11-28-26(32)22-7-6-20-8-12-29(3)13-9-21(20)16-22/h6-7,14-16H,8-13,17H2,1-5H3,(H,27,31)(H,28,32). The molecule has 1 heterocycles. The van der Waals surface area contributed by atoms with E-state index in [0.717, 1.165) is 37.1 Å². The van der Waals surface area contributed by atoms with Crippen molar-refractivity contribution in [3.8, 4) is 5.75 Å². The van der Waals surface area contributed by atoms with Gasteiger partial charge in [-0.25, -0.2) is 8.51 Å². The van der Waals surface area contributed by atoms with Crippen LogP contribution < -0.4 is 15.4 Å². The number of hydrogen-bond acceptors (Lipinski definition) is 5. The Hall–Kier alpha value is -2.75. The lowest BCUT2D eigenvalue weighted by Gasteiger charge is -2.19. The molecule has 2 N–H and O–H groups in total. The second-order valence-corrected chi connectivity index (χ2v) is 10.5. The Kier molecular flexibility index (Phi) is 9.42. The Morgan fingerprint density at radius 1 is 1.03 bits per heavy atom. The second-order valence-electron chi connectivity index (χ2n) is 9.02. The average Bonchev–Trinajstić information content (AvgIpc) is 3.01. The molecule has 8 nitrogen and oxygen atoms in total. The summed E-state index contributed by atoms with van der Waals surface area (Å²) in [4.78, 5) is 27.9. The van der Waals surface area contributed by atoms with E-state index in [1.165, 1.54) is 15.4 Å². The van der Waals surface area contributed by atoms with Crippen LogP contribution in [0.2, 0.25) is 0 Å². The Balaban J connectivity index is 1.45. The minimum absolute atomic E-state index is 0.0231. The molecule has 3 rings (SSSR count). The molecule has 2 amide bonds. The number of methoxy groups -OCH3 is 1. The smallest absolute Gasteiger partial charge is 0.251 e. The first-order valence-electron chi connectivity index (χ1n) is 11.8. The van der Waals surface area contributed by atoms with E-state index in [1.807, 2.05) is 44.2 Å².